The van der Waals surface area contributed by atoms with Crippen molar-refractivity contribution in [2.24, 2.45) is 0 Å². The molecule has 21 heavy (non-hydrogen) atoms. The molecule has 1 N–H and O–H groups in total. The van der Waals surface area contributed by atoms with Gasteiger partial charge in [-0.25, -0.2) is 0 Å². The summed E-state index contributed by atoms with van der Waals surface area (Å²) in [6, 6.07) is 0. The monoisotopic (exact) mass is 297 g/mol. The summed E-state index contributed by atoms with van der Waals surface area (Å²) in [7, 11) is 3.87. The Morgan fingerprint density at radius 2 is 1.95 bits per heavy atom. The van der Waals surface area contributed by atoms with Gasteiger partial charge in [0.05, 0.1) is 13.1 Å². The average Bonchev–Trinajstić information content (AvgIpc) is 2.90. The molecule has 0 spiro atoms. The van der Waals surface area contributed by atoms with Crippen molar-refractivity contribution in [2.45, 2.75) is 26.2 Å². The lowest BCUT2D eigenvalue weighted by molar-refractivity contribution is -0.139. The summed E-state index contributed by atoms with van der Waals surface area (Å²) >= 11 is 0. The van der Waals surface area contributed by atoms with Gasteiger partial charge in [-0.15, -0.1) is 0 Å². The molecule has 120 valence electrons. The Hall–Kier alpha value is -1.40. The highest BCUT2D eigenvalue weighted by Gasteiger charge is 2.22. The number of aliphatic carboxylic acids is 1. The second-order valence-corrected chi connectivity index (χ2v) is 5.63. The lowest BCUT2D eigenvalue weighted by Crippen LogP contribution is -2.43. The first-order valence-corrected chi connectivity index (χ1v) is 7.52. The van der Waals surface area contributed by atoms with Gasteiger partial charge in [-0.3, -0.25) is 14.5 Å². The number of hydrogen-bond donors (Lipinski definition) is 1. The molecule has 0 atom stereocenters. The maximum absolute atomic E-state index is 12.4. The third kappa shape index (κ3) is 6.27. The number of rotatable bonds is 9. The van der Waals surface area contributed by atoms with Gasteiger partial charge in [0.15, 0.2) is 0 Å². The SMILES string of the molecule is CCN(C(=O)CN(CCN(C)C)CC(=O)O)C1=CCCC1. The van der Waals surface area contributed by atoms with E-state index >= 15 is 0 Å². The molecule has 1 aliphatic rings. The average molecular weight is 297 g/mol. The summed E-state index contributed by atoms with van der Waals surface area (Å²) < 4.78 is 0. The Balaban J connectivity index is 2.61. The van der Waals surface area contributed by atoms with E-state index in [9.17, 15) is 9.59 Å². The number of carboxylic acid groups (broad SMARTS) is 1. The number of carbonyl (C=O) groups is 2. The zero-order valence-corrected chi connectivity index (χ0v) is 13.3. The van der Waals surface area contributed by atoms with Crippen LogP contribution in [0.3, 0.4) is 0 Å². The van der Waals surface area contributed by atoms with Crippen molar-refractivity contribution in [3.8, 4) is 0 Å². The fourth-order valence-corrected chi connectivity index (χ4v) is 2.46. The van der Waals surface area contributed by atoms with Crippen molar-refractivity contribution in [3.63, 3.8) is 0 Å². The van der Waals surface area contributed by atoms with E-state index < -0.39 is 5.97 Å². The summed E-state index contributed by atoms with van der Waals surface area (Å²) in [5, 5.41) is 8.98. The Bertz CT molecular complexity index is 394. The van der Waals surface area contributed by atoms with E-state index in [4.69, 9.17) is 5.11 Å². The predicted molar refractivity (Wildman–Crippen MR) is 82.0 cm³/mol. The standard InChI is InChI=1S/C15H27N3O3/c1-4-18(13-7-5-6-8-13)14(19)11-17(12-15(20)21)10-9-16(2)3/h7H,4-6,8-12H2,1-3H3,(H,20,21). The van der Waals surface area contributed by atoms with E-state index in [2.05, 4.69) is 6.08 Å². The van der Waals surface area contributed by atoms with Gasteiger partial charge in [0.25, 0.3) is 0 Å². The summed E-state index contributed by atoms with van der Waals surface area (Å²) in [5.41, 5.74) is 1.09. The molecule has 1 amide bonds. The Kier molecular flexibility index (Phi) is 7.39. The van der Waals surface area contributed by atoms with Gasteiger partial charge in [0.2, 0.25) is 5.91 Å². The van der Waals surface area contributed by atoms with Crippen molar-refractivity contribution >= 4 is 11.9 Å². The van der Waals surface area contributed by atoms with Crippen LogP contribution in [0, 0.1) is 0 Å². The number of carbonyl (C=O) groups excluding carboxylic acids is 1. The minimum absolute atomic E-state index is 0.00865. The quantitative estimate of drug-likeness (QED) is 0.683. The van der Waals surface area contributed by atoms with Crippen LogP contribution in [0.15, 0.2) is 11.8 Å². The van der Waals surface area contributed by atoms with E-state index in [1.807, 2.05) is 25.9 Å². The van der Waals surface area contributed by atoms with Crippen molar-refractivity contribution in [3.05, 3.63) is 11.8 Å². The molecular weight excluding hydrogens is 270 g/mol. The van der Waals surface area contributed by atoms with Crippen LogP contribution in [0.5, 0.6) is 0 Å². The summed E-state index contributed by atoms with van der Waals surface area (Å²) in [4.78, 5) is 28.8. The fourth-order valence-electron chi connectivity index (χ4n) is 2.46. The second kappa shape index (κ2) is 8.79. The number of hydrogen-bond acceptors (Lipinski definition) is 4. The van der Waals surface area contributed by atoms with Crippen LogP contribution in [-0.4, -0.2) is 78.5 Å². The highest BCUT2D eigenvalue weighted by Crippen LogP contribution is 2.21. The minimum atomic E-state index is -0.898. The van der Waals surface area contributed by atoms with Crippen molar-refractivity contribution in [1.82, 2.24) is 14.7 Å². The fraction of sp³-hybridized carbons (Fsp3) is 0.733. The summed E-state index contributed by atoms with van der Waals surface area (Å²) in [6.07, 6.45) is 5.18. The van der Waals surface area contributed by atoms with Gasteiger partial charge in [0, 0.05) is 25.3 Å². The van der Waals surface area contributed by atoms with Gasteiger partial charge < -0.3 is 14.9 Å². The normalized spacial score (nSPS) is 14.6. The van der Waals surface area contributed by atoms with Crippen LogP contribution in [0.1, 0.15) is 26.2 Å². The van der Waals surface area contributed by atoms with Crippen LogP contribution in [0.25, 0.3) is 0 Å². The summed E-state index contributed by atoms with van der Waals surface area (Å²) in [5.74, 6) is -0.907. The van der Waals surface area contributed by atoms with Gasteiger partial charge in [-0.05, 0) is 40.3 Å². The molecule has 0 saturated carbocycles. The first-order valence-electron chi connectivity index (χ1n) is 7.52. The van der Waals surface area contributed by atoms with Crippen molar-refractivity contribution in [2.75, 3.05) is 46.8 Å². The summed E-state index contributed by atoms with van der Waals surface area (Å²) in [6.45, 7) is 3.95. The zero-order valence-electron chi connectivity index (χ0n) is 13.3. The molecule has 0 radical (unpaired) electrons. The maximum Gasteiger partial charge on any atom is 0.317 e. The minimum Gasteiger partial charge on any atom is -0.480 e. The molecule has 6 heteroatoms. The predicted octanol–water partition coefficient (Wildman–Crippen LogP) is 0.851. The van der Waals surface area contributed by atoms with E-state index in [1.165, 1.54) is 0 Å². The van der Waals surface area contributed by atoms with Gasteiger partial charge in [-0.2, -0.15) is 0 Å². The number of allylic oxidation sites excluding steroid dienone is 2. The molecular formula is C15H27N3O3. The molecule has 0 fully saturated rings. The molecule has 0 aromatic carbocycles. The van der Waals surface area contributed by atoms with E-state index in [0.29, 0.717) is 13.1 Å². The first kappa shape index (κ1) is 17.7. The van der Waals surface area contributed by atoms with E-state index in [-0.39, 0.29) is 19.0 Å². The van der Waals surface area contributed by atoms with Crippen molar-refractivity contribution in [1.29, 1.82) is 0 Å². The van der Waals surface area contributed by atoms with E-state index in [0.717, 1.165) is 31.5 Å². The first-order chi connectivity index (χ1) is 9.93. The van der Waals surface area contributed by atoms with Gasteiger partial charge in [0.1, 0.15) is 0 Å². The third-order valence-corrected chi connectivity index (χ3v) is 3.56. The highest BCUT2D eigenvalue weighted by atomic mass is 16.4. The van der Waals surface area contributed by atoms with Crippen LogP contribution < -0.4 is 0 Å². The zero-order chi connectivity index (χ0) is 15.8. The Labute approximate surface area is 127 Å². The lowest BCUT2D eigenvalue weighted by atomic mass is 10.3. The number of nitrogens with zero attached hydrogens (tertiary/aromatic N) is 3. The molecule has 1 rings (SSSR count). The molecule has 0 aliphatic heterocycles. The highest BCUT2D eigenvalue weighted by molar-refractivity contribution is 5.81. The molecule has 0 saturated heterocycles. The molecule has 0 aromatic heterocycles. The van der Waals surface area contributed by atoms with Crippen LogP contribution in [0.4, 0.5) is 0 Å². The molecule has 0 unspecified atom stereocenters. The topological polar surface area (TPSA) is 64.1 Å². The van der Waals surface area contributed by atoms with Crippen LogP contribution in [-0.2, 0) is 9.59 Å². The molecule has 0 aromatic rings. The number of carboxylic acids is 1. The second-order valence-electron chi connectivity index (χ2n) is 5.63. The van der Waals surface area contributed by atoms with Gasteiger partial charge in [-0.1, -0.05) is 6.08 Å². The molecule has 0 bridgehead atoms. The van der Waals surface area contributed by atoms with Gasteiger partial charge >= 0.3 is 5.97 Å². The number of likely N-dealkylation sites (N-methyl/N-ethyl adjacent to an activating group) is 2. The molecule has 1 aliphatic carbocycles. The molecule has 0 heterocycles. The lowest BCUT2D eigenvalue weighted by Gasteiger charge is -2.27. The largest absolute Gasteiger partial charge is 0.480 e. The smallest absolute Gasteiger partial charge is 0.317 e. The van der Waals surface area contributed by atoms with Crippen LogP contribution in [0.2, 0.25) is 0 Å². The van der Waals surface area contributed by atoms with Crippen LogP contribution >= 0.6 is 0 Å². The maximum atomic E-state index is 12.4. The Morgan fingerprint density at radius 3 is 2.43 bits per heavy atom. The van der Waals surface area contributed by atoms with Crippen molar-refractivity contribution < 1.29 is 14.7 Å². The molecule has 6 nitrogen and oxygen atoms in total. The Morgan fingerprint density at radius 1 is 1.24 bits per heavy atom. The van der Waals surface area contributed by atoms with E-state index in [1.54, 1.807) is 9.80 Å². The third-order valence-electron chi connectivity index (χ3n) is 3.56. The number of amides is 1.